The van der Waals surface area contributed by atoms with Gasteiger partial charge < -0.3 is 0 Å². The molecule has 0 spiro atoms. The van der Waals surface area contributed by atoms with Gasteiger partial charge in [-0.3, -0.25) is 0 Å². The van der Waals surface area contributed by atoms with Crippen molar-refractivity contribution in [3.05, 3.63) is 29.6 Å². The number of benzene rings is 1. The Hall–Kier alpha value is -1.45. The van der Waals surface area contributed by atoms with E-state index < -0.39 is 21.4 Å². The second-order valence-electron chi connectivity index (χ2n) is 5.04. The van der Waals surface area contributed by atoms with Crippen LogP contribution < -0.4 is 0 Å². The standard InChI is InChI=1S/C14H17FN2O2S/c1-11-6-3-2-4-9-17(11)20(18,19)14-8-5-7-13(15)12(14)10-16/h5,7-8,11H,2-4,6,9H2,1H3. The van der Waals surface area contributed by atoms with Crippen molar-refractivity contribution in [2.75, 3.05) is 6.54 Å². The van der Waals surface area contributed by atoms with E-state index in [9.17, 15) is 12.8 Å². The lowest BCUT2D eigenvalue weighted by Crippen LogP contribution is -2.38. The van der Waals surface area contributed by atoms with Crippen LogP contribution in [0.2, 0.25) is 0 Å². The van der Waals surface area contributed by atoms with Crippen LogP contribution in [0.3, 0.4) is 0 Å². The fourth-order valence-corrected chi connectivity index (χ4v) is 4.41. The highest BCUT2D eigenvalue weighted by Crippen LogP contribution is 2.27. The average molecular weight is 296 g/mol. The van der Waals surface area contributed by atoms with Crippen LogP contribution in [0, 0.1) is 17.1 Å². The quantitative estimate of drug-likeness (QED) is 0.843. The SMILES string of the molecule is CC1CCCCCN1S(=O)(=O)c1cccc(F)c1C#N. The fourth-order valence-electron chi connectivity index (χ4n) is 2.56. The minimum atomic E-state index is -3.83. The molecular weight excluding hydrogens is 279 g/mol. The van der Waals surface area contributed by atoms with Gasteiger partial charge >= 0.3 is 0 Å². The summed E-state index contributed by atoms with van der Waals surface area (Å²) in [5.74, 6) is -0.795. The van der Waals surface area contributed by atoms with Crippen LogP contribution >= 0.6 is 0 Å². The van der Waals surface area contributed by atoms with Gasteiger partial charge in [0.2, 0.25) is 10.0 Å². The molecule has 0 aromatic heterocycles. The number of hydrogen-bond acceptors (Lipinski definition) is 3. The summed E-state index contributed by atoms with van der Waals surface area (Å²) in [4.78, 5) is -0.228. The summed E-state index contributed by atoms with van der Waals surface area (Å²) in [6.45, 7) is 2.28. The maximum absolute atomic E-state index is 13.6. The Morgan fingerprint density at radius 2 is 2.10 bits per heavy atom. The van der Waals surface area contributed by atoms with E-state index in [1.807, 2.05) is 6.92 Å². The predicted octanol–water partition coefficient (Wildman–Crippen LogP) is 2.65. The summed E-state index contributed by atoms with van der Waals surface area (Å²) in [6, 6.07) is 5.26. The molecule has 20 heavy (non-hydrogen) atoms. The molecule has 0 aliphatic carbocycles. The van der Waals surface area contributed by atoms with Gasteiger partial charge in [0.25, 0.3) is 0 Å². The van der Waals surface area contributed by atoms with E-state index in [-0.39, 0.29) is 10.9 Å². The Morgan fingerprint density at radius 3 is 2.80 bits per heavy atom. The number of nitrogens with zero attached hydrogens (tertiary/aromatic N) is 2. The van der Waals surface area contributed by atoms with Crippen LogP contribution in [0.4, 0.5) is 4.39 Å². The van der Waals surface area contributed by atoms with E-state index in [0.29, 0.717) is 6.54 Å². The molecule has 1 aliphatic heterocycles. The van der Waals surface area contributed by atoms with Gasteiger partial charge in [-0.2, -0.15) is 9.57 Å². The Labute approximate surface area is 118 Å². The fraction of sp³-hybridized carbons (Fsp3) is 0.500. The summed E-state index contributed by atoms with van der Waals surface area (Å²) in [5.41, 5.74) is -0.399. The van der Waals surface area contributed by atoms with Crippen LogP contribution in [0.15, 0.2) is 23.1 Å². The van der Waals surface area contributed by atoms with Crippen LogP contribution in [0.1, 0.15) is 38.2 Å². The Kier molecular flexibility index (Phi) is 4.41. The third-order valence-corrected chi connectivity index (χ3v) is 5.72. The van der Waals surface area contributed by atoms with E-state index >= 15 is 0 Å². The summed E-state index contributed by atoms with van der Waals surface area (Å²) in [7, 11) is -3.83. The highest BCUT2D eigenvalue weighted by atomic mass is 32.2. The van der Waals surface area contributed by atoms with E-state index in [1.165, 1.54) is 16.4 Å². The maximum atomic E-state index is 13.6. The summed E-state index contributed by atoms with van der Waals surface area (Å²) >= 11 is 0. The second kappa shape index (κ2) is 5.90. The van der Waals surface area contributed by atoms with E-state index in [0.717, 1.165) is 31.7 Å². The zero-order chi connectivity index (χ0) is 14.8. The van der Waals surface area contributed by atoms with Crippen molar-refractivity contribution < 1.29 is 12.8 Å². The first-order valence-corrected chi connectivity index (χ1v) is 8.13. The Morgan fingerprint density at radius 1 is 1.35 bits per heavy atom. The van der Waals surface area contributed by atoms with Crippen molar-refractivity contribution >= 4 is 10.0 Å². The minimum Gasteiger partial charge on any atom is -0.207 e. The largest absolute Gasteiger partial charge is 0.244 e. The molecule has 1 aromatic rings. The second-order valence-corrected chi connectivity index (χ2v) is 6.90. The lowest BCUT2D eigenvalue weighted by molar-refractivity contribution is 0.342. The summed E-state index contributed by atoms with van der Waals surface area (Å²) < 4.78 is 40.4. The van der Waals surface area contributed by atoms with Gasteiger partial charge in [0, 0.05) is 12.6 Å². The highest BCUT2D eigenvalue weighted by molar-refractivity contribution is 7.89. The number of sulfonamides is 1. The molecular formula is C14H17FN2O2S. The molecule has 1 atom stereocenters. The first kappa shape index (κ1) is 14.9. The molecule has 6 heteroatoms. The lowest BCUT2D eigenvalue weighted by Gasteiger charge is -2.26. The molecule has 1 saturated heterocycles. The van der Waals surface area contributed by atoms with Crippen molar-refractivity contribution in [2.45, 2.75) is 43.5 Å². The van der Waals surface area contributed by atoms with Crippen LogP contribution in [0.25, 0.3) is 0 Å². The van der Waals surface area contributed by atoms with Gasteiger partial charge in [-0.1, -0.05) is 18.9 Å². The van der Waals surface area contributed by atoms with Gasteiger partial charge in [-0.15, -0.1) is 0 Å². The Bertz CT molecular complexity index is 637. The molecule has 108 valence electrons. The topological polar surface area (TPSA) is 61.2 Å². The number of rotatable bonds is 2. The smallest absolute Gasteiger partial charge is 0.207 e. The van der Waals surface area contributed by atoms with Gasteiger partial charge in [-0.05, 0) is 31.9 Å². The molecule has 1 aliphatic rings. The van der Waals surface area contributed by atoms with Crippen molar-refractivity contribution in [3.63, 3.8) is 0 Å². The third kappa shape index (κ3) is 2.69. The zero-order valence-electron chi connectivity index (χ0n) is 11.3. The first-order valence-electron chi connectivity index (χ1n) is 6.69. The molecule has 0 amide bonds. The molecule has 0 N–H and O–H groups in total. The van der Waals surface area contributed by atoms with Gasteiger partial charge in [-0.25, -0.2) is 12.8 Å². The predicted molar refractivity (Wildman–Crippen MR) is 72.9 cm³/mol. The first-order chi connectivity index (χ1) is 9.48. The molecule has 0 radical (unpaired) electrons. The molecule has 1 unspecified atom stereocenters. The van der Waals surface area contributed by atoms with E-state index in [2.05, 4.69) is 0 Å². The van der Waals surface area contributed by atoms with Crippen LogP contribution in [0.5, 0.6) is 0 Å². The summed E-state index contributed by atoms with van der Waals surface area (Å²) in [6.07, 6.45) is 3.56. The van der Waals surface area contributed by atoms with Crippen LogP contribution in [-0.4, -0.2) is 25.3 Å². The zero-order valence-corrected chi connectivity index (χ0v) is 12.2. The molecule has 1 heterocycles. The number of nitriles is 1. The highest BCUT2D eigenvalue weighted by Gasteiger charge is 2.32. The average Bonchev–Trinajstić information content (AvgIpc) is 2.63. The molecule has 4 nitrogen and oxygen atoms in total. The normalized spacial score (nSPS) is 21.1. The lowest BCUT2D eigenvalue weighted by atomic mass is 10.1. The molecule has 2 rings (SSSR count). The monoisotopic (exact) mass is 296 g/mol. The number of halogens is 1. The third-order valence-electron chi connectivity index (χ3n) is 3.67. The van der Waals surface area contributed by atoms with E-state index in [1.54, 1.807) is 6.07 Å². The molecule has 1 fully saturated rings. The van der Waals surface area contributed by atoms with E-state index in [4.69, 9.17) is 5.26 Å². The van der Waals surface area contributed by atoms with Crippen molar-refractivity contribution in [2.24, 2.45) is 0 Å². The molecule has 0 bridgehead atoms. The maximum Gasteiger partial charge on any atom is 0.244 e. The van der Waals surface area contributed by atoms with Gasteiger partial charge in [0.15, 0.2) is 0 Å². The van der Waals surface area contributed by atoms with Crippen molar-refractivity contribution in [3.8, 4) is 6.07 Å². The van der Waals surface area contributed by atoms with Gasteiger partial charge in [0.1, 0.15) is 22.3 Å². The Balaban J connectivity index is 2.50. The van der Waals surface area contributed by atoms with Crippen LogP contribution in [-0.2, 0) is 10.0 Å². The summed E-state index contributed by atoms with van der Waals surface area (Å²) in [5, 5.41) is 9.01. The molecule has 0 saturated carbocycles. The van der Waals surface area contributed by atoms with Gasteiger partial charge in [0.05, 0.1) is 0 Å². The number of hydrogen-bond donors (Lipinski definition) is 0. The molecule has 1 aromatic carbocycles. The van der Waals surface area contributed by atoms with Crippen molar-refractivity contribution in [1.82, 2.24) is 4.31 Å². The van der Waals surface area contributed by atoms with Crippen molar-refractivity contribution in [1.29, 1.82) is 5.26 Å². The minimum absolute atomic E-state index is 0.127.